The van der Waals surface area contributed by atoms with Crippen LogP contribution in [0.3, 0.4) is 0 Å². The number of hydrogen-bond acceptors (Lipinski definition) is 2. The van der Waals surface area contributed by atoms with Crippen molar-refractivity contribution in [3.63, 3.8) is 0 Å². The van der Waals surface area contributed by atoms with Gasteiger partial charge < -0.3 is 9.47 Å². The Morgan fingerprint density at radius 3 is 2.00 bits per heavy atom. The SMILES string of the molecule is COc1cccc(OC)c1-c1[c-]cccc1.[Zn+][Br]. The zero-order chi connectivity index (χ0) is 13.4. The molecule has 0 fully saturated rings. The van der Waals surface area contributed by atoms with Gasteiger partial charge in [0.1, 0.15) is 0 Å². The van der Waals surface area contributed by atoms with Gasteiger partial charge in [-0.2, -0.15) is 0 Å². The number of halogens is 1. The second kappa shape index (κ2) is 8.28. The predicted molar refractivity (Wildman–Crippen MR) is 72.7 cm³/mol. The number of benzene rings is 2. The van der Waals surface area contributed by atoms with E-state index in [-0.39, 0.29) is 0 Å². The Bertz CT molecular complexity index is 452. The number of hydrogen-bond donors (Lipinski definition) is 0. The van der Waals surface area contributed by atoms with E-state index >= 15 is 0 Å². The minimum absolute atomic E-state index is 0.793. The summed E-state index contributed by atoms with van der Waals surface area (Å²) in [6.07, 6.45) is 0. The Labute approximate surface area is 124 Å². The molecule has 2 aromatic carbocycles. The van der Waals surface area contributed by atoms with Gasteiger partial charge in [-0.25, -0.2) is 0 Å². The maximum atomic E-state index is 5.34. The van der Waals surface area contributed by atoms with Crippen molar-refractivity contribution in [2.75, 3.05) is 14.2 Å². The quantitative estimate of drug-likeness (QED) is 0.610. The Hall–Kier alpha value is -0.857. The van der Waals surface area contributed by atoms with Crippen LogP contribution in [0.4, 0.5) is 0 Å². The molecule has 0 spiro atoms. The molecule has 0 saturated carbocycles. The van der Waals surface area contributed by atoms with E-state index in [2.05, 4.69) is 19.7 Å². The normalized spacial score (nSPS) is 9.17. The van der Waals surface area contributed by atoms with E-state index in [1.165, 1.54) is 16.3 Å². The Kier molecular flexibility index (Phi) is 6.99. The first-order valence-corrected chi connectivity index (χ1v) is 12.3. The summed E-state index contributed by atoms with van der Waals surface area (Å²) < 4.78 is 10.7. The van der Waals surface area contributed by atoms with Crippen LogP contribution >= 0.6 is 13.6 Å². The first-order chi connectivity index (χ1) is 8.86. The Morgan fingerprint density at radius 2 is 1.56 bits per heavy atom. The third kappa shape index (κ3) is 3.57. The molecule has 0 heterocycles. The van der Waals surface area contributed by atoms with Gasteiger partial charge in [0.2, 0.25) is 0 Å². The molecule has 18 heavy (non-hydrogen) atoms. The third-order valence-electron chi connectivity index (χ3n) is 2.41. The number of methoxy groups -OCH3 is 2. The third-order valence-corrected chi connectivity index (χ3v) is 2.41. The van der Waals surface area contributed by atoms with E-state index in [1.54, 1.807) is 14.2 Å². The molecule has 4 heteroatoms. The van der Waals surface area contributed by atoms with Crippen molar-refractivity contribution in [3.8, 4) is 22.6 Å². The van der Waals surface area contributed by atoms with Crippen molar-refractivity contribution in [1.82, 2.24) is 0 Å². The molecule has 2 rings (SSSR count). The summed E-state index contributed by atoms with van der Waals surface area (Å²) in [7, 11) is 3.31. The molecule has 0 radical (unpaired) electrons. The summed E-state index contributed by atoms with van der Waals surface area (Å²) in [4.78, 5) is 0. The van der Waals surface area contributed by atoms with Crippen molar-refractivity contribution in [2.45, 2.75) is 0 Å². The molecule has 0 unspecified atom stereocenters. The van der Waals surface area contributed by atoms with Gasteiger partial charge in [-0.15, -0.1) is 35.9 Å². The van der Waals surface area contributed by atoms with Gasteiger partial charge in [-0.3, -0.25) is 0 Å². The van der Waals surface area contributed by atoms with Gasteiger partial charge in [-0.1, -0.05) is 6.07 Å². The van der Waals surface area contributed by atoms with Crippen molar-refractivity contribution in [2.24, 2.45) is 0 Å². The van der Waals surface area contributed by atoms with Crippen LogP contribution in [0, 0.1) is 6.07 Å². The standard InChI is InChI=1S/C14H13O2.BrH.Zn/c1-15-12-9-6-10-13(16-2)14(12)11-7-4-3-5-8-11;;/h3-7,9-10H,1-2H3;1H;/q-1;;+2/p-1. The van der Waals surface area contributed by atoms with Gasteiger partial charge in [0, 0.05) is 0 Å². The number of ether oxygens (including phenoxy) is 2. The van der Waals surface area contributed by atoms with Gasteiger partial charge in [0.05, 0.1) is 25.7 Å². The van der Waals surface area contributed by atoms with Gasteiger partial charge >= 0.3 is 30.0 Å². The monoisotopic (exact) mass is 356 g/mol. The van der Waals surface area contributed by atoms with E-state index < -0.39 is 0 Å². The van der Waals surface area contributed by atoms with Crippen LogP contribution < -0.4 is 9.47 Å². The number of rotatable bonds is 3. The van der Waals surface area contributed by atoms with Crippen LogP contribution in [0.15, 0.2) is 42.5 Å². The van der Waals surface area contributed by atoms with Crippen LogP contribution in [0.1, 0.15) is 0 Å². The summed E-state index contributed by atoms with van der Waals surface area (Å²) in [5, 5.41) is 0. The molecule has 0 amide bonds. The zero-order valence-corrected chi connectivity index (χ0v) is 15.0. The van der Waals surface area contributed by atoms with Crippen LogP contribution in [-0.4, -0.2) is 14.2 Å². The molecule has 0 bridgehead atoms. The molecule has 0 aliphatic carbocycles. The van der Waals surface area contributed by atoms with E-state index in [0.717, 1.165) is 22.6 Å². The predicted octanol–water partition coefficient (Wildman–Crippen LogP) is 4.01. The van der Waals surface area contributed by atoms with E-state index in [9.17, 15) is 0 Å². The van der Waals surface area contributed by atoms with Crippen LogP contribution in [0.5, 0.6) is 11.5 Å². The summed E-state index contributed by atoms with van der Waals surface area (Å²) in [6.45, 7) is 0. The van der Waals surface area contributed by atoms with Crippen LogP contribution in [0.25, 0.3) is 11.1 Å². The second-order valence-corrected chi connectivity index (χ2v) is 3.31. The fraction of sp³-hybridized carbons (Fsp3) is 0.143. The van der Waals surface area contributed by atoms with Crippen molar-refractivity contribution >= 4 is 13.6 Å². The summed E-state index contributed by atoms with van der Waals surface area (Å²) in [5.74, 6) is 1.59. The molecule has 0 saturated heterocycles. The van der Waals surface area contributed by atoms with Gasteiger partial charge in [0.15, 0.2) is 0 Å². The second-order valence-electron chi connectivity index (χ2n) is 3.31. The molecule has 0 aromatic heterocycles. The Balaban J connectivity index is 0.000000771. The minimum atomic E-state index is 0.793. The first kappa shape index (κ1) is 15.2. The molecule has 0 aliphatic heterocycles. The van der Waals surface area contributed by atoms with E-state index in [1.807, 2.05) is 42.5 Å². The van der Waals surface area contributed by atoms with Gasteiger partial charge in [-0.05, 0) is 17.7 Å². The molecule has 90 valence electrons. The van der Waals surface area contributed by atoms with Crippen molar-refractivity contribution in [1.29, 1.82) is 0 Å². The molecule has 0 aliphatic rings. The summed E-state index contributed by atoms with van der Waals surface area (Å²) in [6, 6.07) is 16.7. The fourth-order valence-electron chi connectivity index (χ4n) is 1.67. The molecular weight excluding hydrogens is 345 g/mol. The average molecular weight is 359 g/mol. The molecule has 2 nitrogen and oxygen atoms in total. The molecular formula is C14H13BrO2Zn. The molecule has 2 aromatic rings. The fourth-order valence-corrected chi connectivity index (χ4v) is 1.67. The van der Waals surface area contributed by atoms with E-state index in [0.29, 0.717) is 0 Å². The van der Waals surface area contributed by atoms with Gasteiger partial charge in [0.25, 0.3) is 0 Å². The van der Waals surface area contributed by atoms with Crippen LogP contribution in [-0.2, 0) is 16.3 Å². The zero-order valence-electron chi connectivity index (χ0n) is 10.4. The van der Waals surface area contributed by atoms with Crippen molar-refractivity contribution in [3.05, 3.63) is 48.5 Å². The van der Waals surface area contributed by atoms with Crippen molar-refractivity contribution < 1.29 is 25.8 Å². The Morgan fingerprint density at radius 1 is 0.944 bits per heavy atom. The van der Waals surface area contributed by atoms with E-state index in [4.69, 9.17) is 9.47 Å². The molecule has 0 N–H and O–H groups in total. The van der Waals surface area contributed by atoms with Crippen LogP contribution in [0.2, 0.25) is 0 Å². The topological polar surface area (TPSA) is 18.5 Å². The molecule has 0 atom stereocenters. The first-order valence-electron chi connectivity index (χ1n) is 5.31. The maximum absolute atomic E-state index is 5.34. The summed E-state index contributed by atoms with van der Waals surface area (Å²) >= 11 is 4.25. The average Bonchev–Trinajstić information content (AvgIpc) is 2.49. The summed E-state index contributed by atoms with van der Waals surface area (Å²) in [5.41, 5.74) is 1.91.